The minimum absolute atomic E-state index is 0.00178. The number of hydrogen-bond donors (Lipinski definition) is 1. The molecule has 3 aromatic rings. The van der Waals surface area contributed by atoms with E-state index >= 15 is 0 Å². The summed E-state index contributed by atoms with van der Waals surface area (Å²) in [6.07, 6.45) is 3.57. The highest BCUT2D eigenvalue weighted by Gasteiger charge is 2.36. The normalized spacial score (nSPS) is 20.8. The number of amides is 4. The van der Waals surface area contributed by atoms with Gasteiger partial charge in [0, 0.05) is 77.1 Å². The topological polar surface area (TPSA) is 124 Å². The van der Waals surface area contributed by atoms with Crippen molar-refractivity contribution in [1.82, 2.24) is 29.1 Å². The van der Waals surface area contributed by atoms with Crippen molar-refractivity contribution in [2.24, 2.45) is 7.05 Å². The second-order valence-electron chi connectivity index (χ2n) is 14.8. The molecule has 274 valence electrons. The predicted octanol–water partition coefficient (Wildman–Crippen LogP) is 3.67. The maximum atomic E-state index is 14.2. The zero-order valence-electron chi connectivity index (χ0n) is 30.1. The number of likely N-dealkylation sites (N-methyl/N-ethyl adjacent to an activating group) is 1. The number of carbonyl (C=O) groups excluding carboxylic acids is 3. The smallest absolute Gasteiger partial charge is 0.419 e. The van der Waals surface area contributed by atoms with Crippen LogP contribution in [-0.2, 0) is 29.4 Å². The summed E-state index contributed by atoms with van der Waals surface area (Å²) in [5, 5.41) is 3.05. The molecule has 13 nitrogen and oxygen atoms in total. The first-order valence-electron chi connectivity index (χ1n) is 18.6. The van der Waals surface area contributed by atoms with Crippen LogP contribution in [0.4, 0.5) is 15.3 Å². The van der Waals surface area contributed by atoms with Gasteiger partial charge in [-0.1, -0.05) is 24.3 Å². The number of piperidine rings is 2. The number of carbonyl (C=O) groups is 3. The van der Waals surface area contributed by atoms with Crippen LogP contribution in [0.5, 0.6) is 0 Å². The Balaban J connectivity index is 1.02. The van der Waals surface area contributed by atoms with Crippen LogP contribution >= 0.6 is 0 Å². The molecule has 4 aliphatic heterocycles. The van der Waals surface area contributed by atoms with E-state index in [4.69, 9.17) is 9.15 Å². The molecular weight excluding hydrogens is 650 g/mol. The Hall–Kier alpha value is -4.36. The van der Waals surface area contributed by atoms with E-state index in [1.54, 1.807) is 18.0 Å². The van der Waals surface area contributed by atoms with Crippen LogP contribution in [0, 0.1) is 6.92 Å². The number of hydrogen-bond acceptors (Lipinski definition) is 8. The number of rotatable bonds is 6. The number of anilines is 1. The van der Waals surface area contributed by atoms with E-state index in [0.29, 0.717) is 62.7 Å². The number of aromatic nitrogens is 1. The number of benzene rings is 2. The Morgan fingerprint density at radius 1 is 0.882 bits per heavy atom. The van der Waals surface area contributed by atoms with Crippen molar-refractivity contribution in [3.63, 3.8) is 0 Å². The van der Waals surface area contributed by atoms with Crippen LogP contribution in [0.2, 0.25) is 0 Å². The van der Waals surface area contributed by atoms with Crippen molar-refractivity contribution >= 4 is 34.8 Å². The summed E-state index contributed by atoms with van der Waals surface area (Å²) in [5.74, 6) is -0.644. The summed E-state index contributed by atoms with van der Waals surface area (Å²) in [7, 11) is 3.84. The van der Waals surface area contributed by atoms with Gasteiger partial charge in [-0.2, -0.15) is 0 Å². The number of oxazole rings is 1. The lowest BCUT2D eigenvalue weighted by atomic mass is 10.00. The van der Waals surface area contributed by atoms with Gasteiger partial charge in [0.2, 0.25) is 0 Å². The third kappa shape index (κ3) is 7.64. The summed E-state index contributed by atoms with van der Waals surface area (Å²) in [6.45, 7) is 8.89. The monoisotopic (exact) mass is 701 g/mol. The zero-order chi connectivity index (χ0) is 35.6. The molecule has 0 saturated carbocycles. The molecule has 13 heteroatoms. The van der Waals surface area contributed by atoms with Crippen molar-refractivity contribution in [1.29, 1.82) is 0 Å². The Kier molecular flexibility index (Phi) is 10.4. The highest BCUT2D eigenvalue weighted by atomic mass is 16.6. The van der Waals surface area contributed by atoms with Gasteiger partial charge in [-0.05, 0) is 94.4 Å². The molecule has 1 aromatic heterocycles. The summed E-state index contributed by atoms with van der Waals surface area (Å²) in [6, 6.07) is 11.9. The molecule has 0 spiro atoms. The molecular formula is C38H51N7O6. The van der Waals surface area contributed by atoms with Gasteiger partial charge in [-0.3, -0.25) is 14.3 Å². The fourth-order valence-corrected chi connectivity index (χ4v) is 8.47. The second-order valence-corrected chi connectivity index (χ2v) is 14.8. The molecule has 2 aromatic carbocycles. The van der Waals surface area contributed by atoms with Gasteiger partial charge in [0.1, 0.15) is 0 Å². The molecule has 0 bridgehead atoms. The molecule has 4 amide bonds. The quantitative estimate of drug-likeness (QED) is 0.413. The van der Waals surface area contributed by atoms with Crippen LogP contribution in [0.3, 0.4) is 0 Å². The Morgan fingerprint density at radius 2 is 1.61 bits per heavy atom. The number of nitrogens with one attached hydrogen (secondary N) is 1. The van der Waals surface area contributed by atoms with Crippen LogP contribution < -0.4 is 11.1 Å². The zero-order valence-corrected chi connectivity index (χ0v) is 30.1. The standard InChI is InChI=1S/C38H51N7O6/c1-26-23-27(24-32-34(26)41(3)37(48)50-32)25-33(35(46)43-16-10-29(11-17-43)42-15-6-14-40(2)21-22-42)51-38(49)44-18-12-30(13-19-44)45-20-9-28-7-4-5-8-31(28)39-36(45)47/h4-5,7-8,23-24,29-30,33H,6,9-22,25H2,1-3H3,(H,39,47)/t33-/m1/s1. The van der Waals surface area contributed by atoms with Gasteiger partial charge < -0.3 is 34.1 Å². The molecule has 0 aliphatic carbocycles. The van der Waals surface area contributed by atoms with E-state index in [0.717, 1.165) is 74.2 Å². The molecule has 1 atom stereocenters. The minimum atomic E-state index is -1.03. The van der Waals surface area contributed by atoms with Crippen molar-refractivity contribution < 1.29 is 23.5 Å². The van der Waals surface area contributed by atoms with Crippen molar-refractivity contribution in [3.8, 4) is 0 Å². The maximum absolute atomic E-state index is 14.2. The van der Waals surface area contributed by atoms with E-state index in [-0.39, 0.29) is 24.4 Å². The van der Waals surface area contributed by atoms with Crippen molar-refractivity contribution in [2.75, 3.05) is 71.3 Å². The van der Waals surface area contributed by atoms with Gasteiger partial charge in [0.25, 0.3) is 5.91 Å². The van der Waals surface area contributed by atoms with Gasteiger partial charge in [0.05, 0.1) is 5.52 Å². The van der Waals surface area contributed by atoms with Gasteiger partial charge in [0.15, 0.2) is 11.7 Å². The van der Waals surface area contributed by atoms with E-state index < -0.39 is 18.0 Å². The first-order chi connectivity index (χ1) is 24.6. The van der Waals surface area contributed by atoms with Crippen LogP contribution in [0.15, 0.2) is 45.6 Å². The van der Waals surface area contributed by atoms with Crippen LogP contribution in [0.1, 0.15) is 48.8 Å². The van der Waals surface area contributed by atoms with Crippen molar-refractivity contribution in [3.05, 3.63) is 63.6 Å². The lowest BCUT2D eigenvalue weighted by Crippen LogP contribution is -2.52. The third-order valence-corrected chi connectivity index (χ3v) is 11.4. The van der Waals surface area contributed by atoms with Crippen LogP contribution in [-0.4, -0.2) is 131 Å². The van der Waals surface area contributed by atoms with E-state index in [2.05, 4.69) is 22.2 Å². The summed E-state index contributed by atoms with van der Waals surface area (Å²) in [5.41, 5.74) is 4.73. The highest BCUT2D eigenvalue weighted by molar-refractivity contribution is 5.91. The predicted molar refractivity (Wildman–Crippen MR) is 194 cm³/mol. The third-order valence-electron chi connectivity index (χ3n) is 11.4. The molecule has 0 unspecified atom stereocenters. The highest BCUT2D eigenvalue weighted by Crippen LogP contribution is 2.27. The molecule has 3 fully saturated rings. The number of aryl methyl sites for hydroxylation is 2. The van der Waals surface area contributed by atoms with E-state index in [9.17, 15) is 19.2 Å². The maximum Gasteiger partial charge on any atom is 0.419 e. The first kappa shape index (κ1) is 35.1. The van der Waals surface area contributed by atoms with Crippen LogP contribution in [0.25, 0.3) is 11.1 Å². The van der Waals surface area contributed by atoms with Gasteiger partial charge in [-0.15, -0.1) is 0 Å². The summed E-state index contributed by atoms with van der Waals surface area (Å²) < 4.78 is 13.1. The molecule has 5 heterocycles. The molecule has 1 N–H and O–H groups in total. The Bertz CT molecular complexity index is 1810. The molecule has 7 rings (SSSR count). The number of likely N-dealkylation sites (tertiary alicyclic amines) is 2. The minimum Gasteiger partial charge on any atom is -0.436 e. The van der Waals surface area contributed by atoms with E-state index in [1.807, 2.05) is 47.1 Å². The molecule has 3 saturated heterocycles. The van der Waals surface area contributed by atoms with Gasteiger partial charge in [-0.25, -0.2) is 14.4 Å². The average molecular weight is 702 g/mol. The average Bonchev–Trinajstić information content (AvgIpc) is 3.26. The van der Waals surface area contributed by atoms with Crippen molar-refractivity contribution in [2.45, 2.75) is 70.1 Å². The molecule has 51 heavy (non-hydrogen) atoms. The number of fused-ring (bicyclic) bond motifs is 2. The number of ether oxygens (including phenoxy) is 1. The lowest BCUT2D eigenvalue weighted by molar-refractivity contribution is -0.142. The number of urea groups is 1. The lowest BCUT2D eigenvalue weighted by Gasteiger charge is -2.40. The molecule has 0 radical (unpaired) electrons. The fourth-order valence-electron chi connectivity index (χ4n) is 8.47. The van der Waals surface area contributed by atoms with E-state index in [1.165, 1.54) is 4.57 Å². The summed E-state index contributed by atoms with van der Waals surface area (Å²) in [4.78, 5) is 63.7. The largest absolute Gasteiger partial charge is 0.436 e. The Morgan fingerprint density at radius 3 is 2.39 bits per heavy atom. The fraction of sp³-hybridized carbons (Fsp3) is 0.579. The first-order valence-corrected chi connectivity index (χ1v) is 18.6. The van der Waals surface area contributed by atoms with Gasteiger partial charge >= 0.3 is 17.9 Å². The Labute approximate surface area is 299 Å². The molecule has 4 aliphatic rings. The number of nitrogens with zero attached hydrogens (tertiary/aromatic N) is 6. The second kappa shape index (κ2) is 15.1. The number of para-hydroxylation sites is 1. The SMILES string of the molecule is Cc1cc(C[C@@H](OC(=O)N2CCC(N3CCc4ccccc4NC3=O)CC2)C(=O)N2CCC(N3CCCN(C)CC3)CC2)cc2oc(=O)n(C)c12. The summed E-state index contributed by atoms with van der Waals surface area (Å²) >= 11 is 0.